The first-order chi connectivity index (χ1) is 10.9. The Hall–Kier alpha value is -2.03. The first-order valence-electron chi connectivity index (χ1n) is 7.15. The maximum atomic E-state index is 12.2. The van der Waals surface area contributed by atoms with Crippen LogP contribution in [0.5, 0.6) is 0 Å². The number of hydrogen-bond donors (Lipinski definition) is 1. The minimum Gasteiger partial charge on any atom is -0.481 e. The van der Waals surface area contributed by atoms with E-state index in [0.29, 0.717) is 5.75 Å². The molecule has 0 radical (unpaired) electrons. The van der Waals surface area contributed by atoms with Crippen LogP contribution in [0.25, 0.3) is 0 Å². The summed E-state index contributed by atoms with van der Waals surface area (Å²) in [5, 5.41) is 8.56. The minimum absolute atomic E-state index is 0.0607. The number of carbonyl (C=O) groups is 4. The SMILES string of the molecule is C=CC(=O)N1CN(C(=O)CC)CN(C(=O)CCSCC(=O)O)C1. The van der Waals surface area contributed by atoms with Crippen LogP contribution in [-0.4, -0.2) is 75.0 Å². The van der Waals surface area contributed by atoms with Crippen molar-refractivity contribution in [1.29, 1.82) is 0 Å². The van der Waals surface area contributed by atoms with Gasteiger partial charge in [0.05, 0.1) is 25.8 Å². The number of carboxylic acid groups (broad SMARTS) is 1. The van der Waals surface area contributed by atoms with Crippen LogP contribution in [0.4, 0.5) is 0 Å². The van der Waals surface area contributed by atoms with Gasteiger partial charge in [-0.1, -0.05) is 13.5 Å². The first-order valence-corrected chi connectivity index (χ1v) is 8.31. The van der Waals surface area contributed by atoms with Crippen LogP contribution < -0.4 is 0 Å². The lowest BCUT2D eigenvalue weighted by atomic mass is 10.3. The molecule has 1 rings (SSSR count). The van der Waals surface area contributed by atoms with E-state index in [2.05, 4.69) is 6.58 Å². The smallest absolute Gasteiger partial charge is 0.313 e. The lowest BCUT2D eigenvalue weighted by molar-refractivity contribution is -0.156. The molecule has 0 aromatic rings. The summed E-state index contributed by atoms with van der Waals surface area (Å²) in [5.41, 5.74) is 0. The lowest BCUT2D eigenvalue weighted by Crippen LogP contribution is -2.59. The molecule has 0 aromatic carbocycles. The Morgan fingerprint density at radius 2 is 1.65 bits per heavy atom. The summed E-state index contributed by atoms with van der Waals surface area (Å²) >= 11 is 1.15. The Kier molecular flexibility index (Phi) is 7.60. The zero-order valence-corrected chi connectivity index (χ0v) is 13.9. The van der Waals surface area contributed by atoms with Crippen molar-refractivity contribution in [1.82, 2.24) is 14.7 Å². The number of nitrogens with zero attached hydrogens (tertiary/aromatic N) is 3. The maximum absolute atomic E-state index is 12.2. The Bertz CT molecular complexity index is 497. The molecule has 128 valence electrons. The van der Waals surface area contributed by atoms with E-state index in [0.717, 1.165) is 17.8 Å². The van der Waals surface area contributed by atoms with E-state index in [1.807, 2.05) is 0 Å². The zero-order valence-electron chi connectivity index (χ0n) is 13.1. The molecule has 0 saturated carbocycles. The highest BCUT2D eigenvalue weighted by molar-refractivity contribution is 7.99. The van der Waals surface area contributed by atoms with Gasteiger partial charge in [-0.25, -0.2) is 0 Å². The van der Waals surface area contributed by atoms with Gasteiger partial charge in [-0.2, -0.15) is 0 Å². The van der Waals surface area contributed by atoms with E-state index >= 15 is 0 Å². The number of thioether (sulfide) groups is 1. The van der Waals surface area contributed by atoms with Gasteiger partial charge in [0.25, 0.3) is 0 Å². The molecule has 0 atom stereocenters. The second-order valence-corrected chi connectivity index (χ2v) is 6.03. The highest BCUT2D eigenvalue weighted by atomic mass is 32.2. The molecular formula is C14H21N3O5S. The average Bonchev–Trinajstić information content (AvgIpc) is 2.56. The predicted octanol–water partition coefficient (Wildman–Crippen LogP) is 0.162. The highest BCUT2D eigenvalue weighted by Crippen LogP contribution is 2.12. The highest BCUT2D eigenvalue weighted by Gasteiger charge is 2.30. The summed E-state index contributed by atoms with van der Waals surface area (Å²) in [6.45, 7) is 5.50. The van der Waals surface area contributed by atoms with Crippen molar-refractivity contribution in [3.8, 4) is 0 Å². The van der Waals surface area contributed by atoms with Gasteiger partial charge in [0.15, 0.2) is 0 Å². The van der Waals surface area contributed by atoms with Crippen LogP contribution in [0.2, 0.25) is 0 Å². The summed E-state index contributed by atoms with van der Waals surface area (Å²) in [4.78, 5) is 50.5. The third-order valence-electron chi connectivity index (χ3n) is 3.20. The van der Waals surface area contributed by atoms with Gasteiger partial charge in [-0.15, -0.1) is 11.8 Å². The van der Waals surface area contributed by atoms with Crippen LogP contribution in [0.1, 0.15) is 19.8 Å². The minimum atomic E-state index is -0.928. The van der Waals surface area contributed by atoms with Gasteiger partial charge < -0.3 is 19.8 Å². The fraction of sp³-hybridized carbons (Fsp3) is 0.571. The van der Waals surface area contributed by atoms with Crippen molar-refractivity contribution in [2.45, 2.75) is 19.8 Å². The fourth-order valence-electron chi connectivity index (χ4n) is 2.04. The largest absolute Gasteiger partial charge is 0.481 e. The third-order valence-corrected chi connectivity index (χ3v) is 4.15. The molecule has 0 unspecified atom stereocenters. The number of rotatable bonds is 7. The number of carbonyl (C=O) groups excluding carboxylic acids is 3. The second-order valence-electron chi connectivity index (χ2n) is 4.92. The predicted molar refractivity (Wildman–Crippen MR) is 85.2 cm³/mol. The molecule has 3 amide bonds. The molecular weight excluding hydrogens is 322 g/mol. The molecule has 8 nitrogen and oxygen atoms in total. The molecule has 1 saturated heterocycles. The fourth-order valence-corrected chi connectivity index (χ4v) is 2.67. The summed E-state index contributed by atoms with van der Waals surface area (Å²) in [7, 11) is 0. The third kappa shape index (κ3) is 5.93. The molecule has 9 heteroatoms. The van der Waals surface area contributed by atoms with Gasteiger partial charge in [0.1, 0.15) is 0 Å². The van der Waals surface area contributed by atoms with E-state index in [4.69, 9.17) is 5.11 Å². The maximum Gasteiger partial charge on any atom is 0.313 e. The van der Waals surface area contributed by atoms with Crippen molar-refractivity contribution >= 4 is 35.5 Å². The van der Waals surface area contributed by atoms with Crippen LogP contribution >= 0.6 is 11.8 Å². The van der Waals surface area contributed by atoms with Gasteiger partial charge in [0, 0.05) is 18.6 Å². The number of aliphatic carboxylic acids is 1. The normalized spacial score (nSPS) is 14.6. The molecule has 23 heavy (non-hydrogen) atoms. The van der Waals surface area contributed by atoms with Gasteiger partial charge in [-0.05, 0) is 6.08 Å². The van der Waals surface area contributed by atoms with Crippen LogP contribution in [0.3, 0.4) is 0 Å². The van der Waals surface area contributed by atoms with Gasteiger partial charge in [0.2, 0.25) is 17.7 Å². The monoisotopic (exact) mass is 343 g/mol. The van der Waals surface area contributed by atoms with E-state index in [9.17, 15) is 19.2 Å². The molecule has 0 aromatic heterocycles. The Morgan fingerprint density at radius 3 is 2.17 bits per heavy atom. The van der Waals surface area contributed by atoms with Crippen molar-refractivity contribution in [3.05, 3.63) is 12.7 Å². The molecule has 0 spiro atoms. The van der Waals surface area contributed by atoms with Gasteiger partial charge in [-0.3, -0.25) is 19.2 Å². The second kappa shape index (κ2) is 9.19. The topological polar surface area (TPSA) is 98.2 Å². The van der Waals surface area contributed by atoms with Crippen molar-refractivity contribution < 1.29 is 24.3 Å². The van der Waals surface area contributed by atoms with E-state index in [-0.39, 0.29) is 56.3 Å². The van der Waals surface area contributed by atoms with Crippen LogP contribution in [0, 0.1) is 0 Å². The molecule has 1 aliphatic heterocycles. The molecule has 1 N–H and O–H groups in total. The van der Waals surface area contributed by atoms with Gasteiger partial charge >= 0.3 is 5.97 Å². The van der Waals surface area contributed by atoms with Crippen LogP contribution in [0.15, 0.2) is 12.7 Å². The molecule has 1 fully saturated rings. The number of carboxylic acids is 1. The Balaban J connectivity index is 2.65. The van der Waals surface area contributed by atoms with E-state index in [1.54, 1.807) is 6.92 Å². The first kappa shape index (κ1) is 19.0. The van der Waals surface area contributed by atoms with Crippen molar-refractivity contribution in [3.63, 3.8) is 0 Å². The summed E-state index contributed by atoms with van der Waals surface area (Å²) in [6, 6.07) is 0. The Labute approximate surface area is 139 Å². The van der Waals surface area contributed by atoms with E-state index in [1.165, 1.54) is 14.7 Å². The molecule has 0 aliphatic carbocycles. The lowest BCUT2D eigenvalue weighted by Gasteiger charge is -2.41. The molecule has 1 aliphatic rings. The summed E-state index contributed by atoms with van der Waals surface area (Å²) < 4.78 is 0. The standard InChI is InChI=1S/C14H21N3O5S/c1-3-11(18)15-8-16(12(19)4-2)10-17(9-15)13(20)5-6-23-7-14(21)22/h3H,1,4-10H2,2H3,(H,21,22). The molecule has 0 bridgehead atoms. The van der Waals surface area contributed by atoms with Crippen LogP contribution in [-0.2, 0) is 19.2 Å². The Morgan fingerprint density at radius 1 is 1.09 bits per heavy atom. The van der Waals surface area contributed by atoms with Crippen molar-refractivity contribution in [2.75, 3.05) is 31.5 Å². The number of amides is 3. The summed E-state index contributed by atoms with van der Waals surface area (Å²) in [6.07, 6.45) is 1.58. The summed E-state index contributed by atoms with van der Waals surface area (Å²) in [5.74, 6) is -1.34. The molecule has 1 heterocycles. The average molecular weight is 343 g/mol. The van der Waals surface area contributed by atoms with E-state index < -0.39 is 5.97 Å². The quantitative estimate of drug-likeness (QED) is 0.522. The zero-order chi connectivity index (χ0) is 17.4. The number of hydrogen-bond acceptors (Lipinski definition) is 5. The van der Waals surface area contributed by atoms with Crippen molar-refractivity contribution in [2.24, 2.45) is 0 Å².